The fraction of sp³-hybridized carbons (Fsp3) is 0. The first kappa shape index (κ1) is 17.0. The Bertz CT molecular complexity index is 1160. The second-order valence-corrected chi connectivity index (χ2v) is 6.69. The molecule has 1 aromatic carbocycles. The molecule has 3 aromatic heterocycles. The van der Waals surface area contributed by atoms with Gasteiger partial charge in [0.15, 0.2) is 0 Å². The predicted molar refractivity (Wildman–Crippen MR) is 102 cm³/mol. The number of rotatable bonds is 3. The van der Waals surface area contributed by atoms with E-state index in [1.807, 2.05) is 18.2 Å². The third-order valence-electron chi connectivity index (χ3n) is 3.91. The van der Waals surface area contributed by atoms with Gasteiger partial charge in [-0.1, -0.05) is 6.07 Å². The minimum atomic E-state index is -0.862. The summed E-state index contributed by atoms with van der Waals surface area (Å²) >= 11 is 1.10. The number of nitrogens with one attached hydrogen (secondary N) is 1. The van der Waals surface area contributed by atoms with Gasteiger partial charge in [0.2, 0.25) is 0 Å². The number of amides is 1. The van der Waals surface area contributed by atoms with Crippen LogP contribution in [0.5, 0.6) is 0 Å². The first-order valence-corrected chi connectivity index (χ1v) is 8.71. The maximum Gasteiger partial charge on any atom is 0.268 e. The Hall–Kier alpha value is -3.39. The fourth-order valence-electron chi connectivity index (χ4n) is 2.59. The van der Waals surface area contributed by atoms with Gasteiger partial charge < -0.3 is 11.1 Å². The molecule has 0 atom stereocenters. The summed E-state index contributed by atoms with van der Waals surface area (Å²) in [4.78, 5) is 22.1. The van der Waals surface area contributed by atoms with E-state index in [1.54, 1.807) is 18.3 Å². The van der Waals surface area contributed by atoms with Gasteiger partial charge >= 0.3 is 0 Å². The molecule has 134 valence electrons. The highest BCUT2D eigenvalue weighted by molar-refractivity contribution is 7.21. The van der Waals surface area contributed by atoms with E-state index >= 15 is 0 Å². The van der Waals surface area contributed by atoms with Crippen molar-refractivity contribution >= 4 is 38.8 Å². The number of anilines is 2. The average molecular weight is 382 g/mol. The van der Waals surface area contributed by atoms with Crippen LogP contribution in [0.2, 0.25) is 0 Å². The number of hydrogen-bond acceptors (Lipinski definition) is 5. The highest BCUT2D eigenvalue weighted by atomic mass is 32.1. The van der Waals surface area contributed by atoms with Gasteiger partial charge in [-0.2, -0.15) is 0 Å². The lowest BCUT2D eigenvalue weighted by Gasteiger charge is -2.05. The molecule has 0 spiro atoms. The predicted octanol–water partition coefficient (Wildman–Crippen LogP) is 4.47. The van der Waals surface area contributed by atoms with Gasteiger partial charge in [0, 0.05) is 17.6 Å². The van der Waals surface area contributed by atoms with Crippen LogP contribution < -0.4 is 11.1 Å². The molecule has 0 aliphatic carbocycles. The third kappa shape index (κ3) is 3.22. The Morgan fingerprint density at radius 3 is 2.67 bits per heavy atom. The smallest absolute Gasteiger partial charge is 0.268 e. The molecule has 3 N–H and O–H groups in total. The van der Waals surface area contributed by atoms with Crippen LogP contribution in [0.3, 0.4) is 0 Å². The van der Waals surface area contributed by atoms with Crippen LogP contribution >= 0.6 is 11.3 Å². The third-order valence-corrected chi connectivity index (χ3v) is 5.02. The van der Waals surface area contributed by atoms with Gasteiger partial charge in [-0.25, -0.2) is 13.8 Å². The van der Waals surface area contributed by atoms with Crippen molar-refractivity contribution in [1.29, 1.82) is 0 Å². The fourth-order valence-corrected chi connectivity index (χ4v) is 3.58. The number of aromatic nitrogens is 2. The Balaban J connectivity index is 1.69. The summed E-state index contributed by atoms with van der Waals surface area (Å²) in [6.45, 7) is 0. The van der Waals surface area contributed by atoms with Gasteiger partial charge in [-0.15, -0.1) is 11.3 Å². The summed E-state index contributed by atoms with van der Waals surface area (Å²) in [5, 5.41) is 3.04. The van der Waals surface area contributed by atoms with Gasteiger partial charge in [0.25, 0.3) is 5.91 Å². The number of pyridine rings is 2. The molecule has 0 fully saturated rings. The minimum Gasteiger partial charge on any atom is -0.397 e. The van der Waals surface area contributed by atoms with Crippen molar-refractivity contribution < 1.29 is 13.6 Å². The molecule has 5 nitrogen and oxygen atoms in total. The average Bonchev–Trinajstić information content (AvgIpc) is 3.01. The Labute approximate surface area is 156 Å². The van der Waals surface area contributed by atoms with E-state index in [9.17, 15) is 13.6 Å². The van der Waals surface area contributed by atoms with E-state index in [0.29, 0.717) is 27.7 Å². The van der Waals surface area contributed by atoms with Crippen LogP contribution in [-0.2, 0) is 0 Å². The van der Waals surface area contributed by atoms with Crippen molar-refractivity contribution in [3.8, 4) is 11.4 Å². The quantitative estimate of drug-likeness (QED) is 0.548. The summed E-state index contributed by atoms with van der Waals surface area (Å²) in [6, 6.07) is 12.0. The van der Waals surface area contributed by atoms with E-state index in [-0.39, 0.29) is 16.3 Å². The molecule has 0 aliphatic rings. The molecule has 8 heteroatoms. The molecular weight excluding hydrogens is 370 g/mol. The first-order chi connectivity index (χ1) is 13.0. The molecule has 0 aliphatic heterocycles. The zero-order valence-corrected chi connectivity index (χ0v) is 14.6. The molecule has 0 saturated carbocycles. The SMILES string of the molecule is Nc1c(C(=O)Nc2ccc(F)cc2F)sc2nc(-c3ccccn3)ccc12. The Morgan fingerprint density at radius 2 is 1.93 bits per heavy atom. The number of fused-ring (bicyclic) bond motifs is 1. The molecule has 0 saturated heterocycles. The Morgan fingerprint density at radius 1 is 1.07 bits per heavy atom. The van der Waals surface area contributed by atoms with Crippen LogP contribution in [0.25, 0.3) is 21.6 Å². The number of nitrogens with zero attached hydrogens (tertiary/aromatic N) is 2. The van der Waals surface area contributed by atoms with Gasteiger partial charge in [0.1, 0.15) is 21.3 Å². The molecule has 4 aromatic rings. The molecule has 27 heavy (non-hydrogen) atoms. The number of halogens is 2. The number of carbonyl (C=O) groups is 1. The monoisotopic (exact) mass is 382 g/mol. The highest BCUT2D eigenvalue weighted by Gasteiger charge is 2.19. The Kier molecular flexibility index (Phi) is 4.25. The summed E-state index contributed by atoms with van der Waals surface area (Å²) < 4.78 is 26.8. The largest absolute Gasteiger partial charge is 0.397 e. The van der Waals surface area contributed by atoms with Crippen LogP contribution in [0.1, 0.15) is 9.67 Å². The zero-order chi connectivity index (χ0) is 19.0. The van der Waals surface area contributed by atoms with Crippen LogP contribution in [0.15, 0.2) is 54.7 Å². The van der Waals surface area contributed by atoms with Gasteiger partial charge in [0.05, 0.1) is 22.8 Å². The van der Waals surface area contributed by atoms with Crippen LogP contribution in [0.4, 0.5) is 20.2 Å². The topological polar surface area (TPSA) is 80.9 Å². The van der Waals surface area contributed by atoms with E-state index < -0.39 is 17.5 Å². The second-order valence-electron chi connectivity index (χ2n) is 5.69. The van der Waals surface area contributed by atoms with Crippen LogP contribution in [0, 0.1) is 11.6 Å². The minimum absolute atomic E-state index is 0.125. The molecule has 0 radical (unpaired) electrons. The van der Waals surface area contributed by atoms with Crippen molar-refractivity contribution in [3.63, 3.8) is 0 Å². The number of hydrogen-bond donors (Lipinski definition) is 2. The van der Waals surface area contributed by atoms with Crippen LogP contribution in [-0.4, -0.2) is 15.9 Å². The molecular formula is C19H12F2N4OS. The van der Waals surface area contributed by atoms with Crippen molar-refractivity contribution in [3.05, 3.63) is 71.2 Å². The summed E-state index contributed by atoms with van der Waals surface area (Å²) in [5.74, 6) is -2.17. The maximum absolute atomic E-state index is 13.8. The number of thiophene rings is 1. The van der Waals surface area contributed by atoms with E-state index in [4.69, 9.17) is 5.73 Å². The molecule has 3 heterocycles. The molecule has 0 bridgehead atoms. The maximum atomic E-state index is 13.8. The standard InChI is InChI=1S/C19H12F2N4OS/c20-10-4-6-13(12(21)9-10)24-18(26)17-16(22)11-5-7-15(25-19(11)27-17)14-3-1-2-8-23-14/h1-9H,22H2,(H,24,26). The summed E-state index contributed by atoms with van der Waals surface area (Å²) in [7, 11) is 0. The van der Waals surface area contributed by atoms with E-state index in [0.717, 1.165) is 23.5 Å². The highest BCUT2D eigenvalue weighted by Crippen LogP contribution is 2.34. The molecule has 4 rings (SSSR count). The van der Waals surface area contributed by atoms with E-state index in [1.165, 1.54) is 0 Å². The van der Waals surface area contributed by atoms with Gasteiger partial charge in [-0.05, 0) is 36.4 Å². The first-order valence-electron chi connectivity index (χ1n) is 7.90. The van der Waals surface area contributed by atoms with Gasteiger partial charge in [-0.3, -0.25) is 9.78 Å². The lowest BCUT2D eigenvalue weighted by Crippen LogP contribution is -2.13. The summed E-state index contributed by atoms with van der Waals surface area (Å²) in [6.07, 6.45) is 1.67. The van der Waals surface area contributed by atoms with Crippen molar-refractivity contribution in [2.45, 2.75) is 0 Å². The number of carbonyl (C=O) groups excluding carboxylic acids is 1. The van der Waals surface area contributed by atoms with Crippen molar-refractivity contribution in [2.24, 2.45) is 0 Å². The normalized spacial score (nSPS) is 10.9. The second kappa shape index (κ2) is 6.73. The number of benzene rings is 1. The lowest BCUT2D eigenvalue weighted by atomic mass is 10.2. The summed E-state index contributed by atoms with van der Waals surface area (Å²) in [5.41, 5.74) is 7.57. The zero-order valence-electron chi connectivity index (χ0n) is 13.7. The number of nitrogens with two attached hydrogens (primary N) is 1. The molecule has 0 unspecified atom stereocenters. The number of nitrogen functional groups attached to an aromatic ring is 1. The molecule has 1 amide bonds. The van der Waals surface area contributed by atoms with Crippen molar-refractivity contribution in [1.82, 2.24) is 9.97 Å². The van der Waals surface area contributed by atoms with Crippen molar-refractivity contribution in [2.75, 3.05) is 11.1 Å². The lowest BCUT2D eigenvalue weighted by molar-refractivity contribution is 0.103. The van der Waals surface area contributed by atoms with E-state index in [2.05, 4.69) is 15.3 Å².